The summed E-state index contributed by atoms with van der Waals surface area (Å²) >= 11 is 6.07. The van der Waals surface area contributed by atoms with E-state index in [1.165, 1.54) is 18.2 Å². The molecule has 172 valence electrons. The van der Waals surface area contributed by atoms with Crippen LogP contribution in [0.2, 0.25) is 5.02 Å². The van der Waals surface area contributed by atoms with E-state index in [-0.39, 0.29) is 12.8 Å². The highest BCUT2D eigenvalue weighted by atomic mass is 35.5. The Hall–Kier alpha value is -2.92. The number of halogens is 5. The van der Waals surface area contributed by atoms with Crippen molar-refractivity contribution in [3.05, 3.63) is 76.6 Å². The first-order valence-electron chi connectivity index (χ1n) is 9.70. The van der Waals surface area contributed by atoms with Crippen molar-refractivity contribution >= 4 is 32.3 Å². The minimum Gasteiger partial charge on any atom is -0.413 e. The van der Waals surface area contributed by atoms with Crippen molar-refractivity contribution in [2.75, 3.05) is 0 Å². The van der Waals surface area contributed by atoms with Crippen LogP contribution in [0.1, 0.15) is 23.0 Å². The Labute approximate surface area is 189 Å². The van der Waals surface area contributed by atoms with Crippen LogP contribution < -0.4 is 0 Å². The fourth-order valence-electron chi connectivity index (χ4n) is 4.27. The van der Waals surface area contributed by atoms with Gasteiger partial charge in [0.05, 0.1) is 4.90 Å². The number of aromatic amines is 1. The molecule has 33 heavy (non-hydrogen) atoms. The van der Waals surface area contributed by atoms with Gasteiger partial charge in [-0.1, -0.05) is 29.8 Å². The van der Waals surface area contributed by atoms with Crippen molar-refractivity contribution in [1.82, 2.24) is 15.2 Å². The number of fused-ring (bicyclic) bond motifs is 3. The summed E-state index contributed by atoms with van der Waals surface area (Å²) < 4.78 is 87.6. The minimum absolute atomic E-state index is 0.0953. The number of hydrogen-bond acceptors (Lipinski definition) is 5. The summed E-state index contributed by atoms with van der Waals surface area (Å²) in [7, 11) is -4.90. The molecule has 2 unspecified atom stereocenters. The van der Waals surface area contributed by atoms with Gasteiger partial charge in [-0.2, -0.15) is 13.2 Å². The number of hydrogen-bond donors (Lipinski definition) is 1. The monoisotopic (exact) mass is 499 g/mol. The molecule has 0 bridgehead atoms. The molecule has 0 radical (unpaired) electrons. The Morgan fingerprint density at radius 1 is 1.00 bits per heavy atom. The van der Waals surface area contributed by atoms with Crippen LogP contribution in [0.25, 0.3) is 10.9 Å². The normalized spacial score (nSPS) is 18.4. The molecule has 1 aliphatic carbocycles. The SMILES string of the molecule is O=S(=O)(c1ccccc1)C(F)(c1nnc(C(F)(F)F)o1)C1Cc2[nH]c3ccc(Cl)cc3c2C1. The molecule has 0 amide bonds. The summed E-state index contributed by atoms with van der Waals surface area (Å²) in [5.41, 5.74) is 1.94. The Balaban J connectivity index is 1.66. The van der Waals surface area contributed by atoms with Gasteiger partial charge in [0.15, 0.2) is 0 Å². The second-order valence-electron chi connectivity index (χ2n) is 7.75. The van der Waals surface area contributed by atoms with Gasteiger partial charge >= 0.3 is 12.1 Å². The number of rotatable bonds is 4. The number of H-pyrrole nitrogens is 1. The van der Waals surface area contributed by atoms with E-state index >= 15 is 4.39 Å². The topological polar surface area (TPSA) is 88.8 Å². The average Bonchev–Trinajstić information content (AvgIpc) is 3.48. The molecule has 2 atom stereocenters. The van der Waals surface area contributed by atoms with E-state index in [0.29, 0.717) is 21.7 Å². The summed E-state index contributed by atoms with van der Waals surface area (Å²) in [6.45, 7) is 0. The van der Waals surface area contributed by atoms with E-state index in [2.05, 4.69) is 19.6 Å². The fourth-order valence-corrected chi connectivity index (χ4v) is 6.21. The maximum Gasteiger partial charge on any atom is 0.470 e. The highest BCUT2D eigenvalue weighted by Crippen LogP contribution is 2.50. The summed E-state index contributed by atoms with van der Waals surface area (Å²) in [6.07, 6.45) is -5.26. The third-order valence-corrected chi connectivity index (χ3v) is 8.20. The number of nitrogens with one attached hydrogen (secondary N) is 1. The molecule has 4 aromatic rings. The number of nitrogens with zero attached hydrogens (tertiary/aromatic N) is 2. The average molecular weight is 500 g/mol. The highest BCUT2D eigenvalue weighted by Gasteiger charge is 2.59. The lowest BCUT2D eigenvalue weighted by Gasteiger charge is -2.28. The van der Waals surface area contributed by atoms with Crippen molar-refractivity contribution in [3.8, 4) is 0 Å². The van der Waals surface area contributed by atoms with Crippen LogP contribution in [-0.2, 0) is 33.9 Å². The third-order valence-electron chi connectivity index (χ3n) is 5.79. The van der Waals surface area contributed by atoms with Gasteiger partial charge in [-0.05, 0) is 48.7 Å². The maximum atomic E-state index is 16.8. The van der Waals surface area contributed by atoms with E-state index in [1.807, 2.05) is 0 Å². The first-order chi connectivity index (χ1) is 15.5. The van der Waals surface area contributed by atoms with Gasteiger partial charge in [-0.3, -0.25) is 0 Å². The van der Waals surface area contributed by atoms with Crippen LogP contribution in [0.3, 0.4) is 0 Å². The lowest BCUT2D eigenvalue weighted by Crippen LogP contribution is -2.40. The molecule has 12 heteroatoms. The molecule has 2 aromatic carbocycles. The predicted octanol–water partition coefficient (Wildman–Crippen LogP) is 5.23. The van der Waals surface area contributed by atoms with Crippen molar-refractivity contribution in [2.45, 2.75) is 28.9 Å². The van der Waals surface area contributed by atoms with Gasteiger partial charge in [-0.25, -0.2) is 12.8 Å². The highest BCUT2D eigenvalue weighted by molar-refractivity contribution is 7.92. The molecule has 0 saturated heterocycles. The zero-order valence-corrected chi connectivity index (χ0v) is 18.1. The van der Waals surface area contributed by atoms with E-state index < -0.39 is 43.6 Å². The molecule has 1 N–H and O–H groups in total. The number of alkyl halides is 4. The largest absolute Gasteiger partial charge is 0.470 e. The van der Waals surface area contributed by atoms with E-state index in [4.69, 9.17) is 11.6 Å². The molecular weight excluding hydrogens is 486 g/mol. The summed E-state index contributed by atoms with van der Waals surface area (Å²) in [4.78, 5) is 2.70. The predicted molar refractivity (Wildman–Crippen MR) is 110 cm³/mol. The first-order valence-corrected chi connectivity index (χ1v) is 11.6. The standard InChI is InChI=1S/C21H14ClF4N3O3S/c22-12-6-7-16-15(10-12)14-8-11(9-17(14)27-16)20(23,18-28-29-19(32-18)21(24,25)26)33(30,31)13-4-2-1-3-5-13/h1-7,10-11,27H,8-9H2. The number of sulfone groups is 1. The number of aromatic nitrogens is 3. The fraction of sp³-hybridized carbons (Fsp3) is 0.238. The van der Waals surface area contributed by atoms with Crippen molar-refractivity contribution in [3.63, 3.8) is 0 Å². The van der Waals surface area contributed by atoms with Crippen LogP contribution in [0.5, 0.6) is 0 Å². The quantitative estimate of drug-likeness (QED) is 0.388. The minimum atomic E-state index is -5.06. The van der Waals surface area contributed by atoms with Gasteiger partial charge < -0.3 is 9.40 Å². The second kappa shape index (κ2) is 7.29. The molecule has 0 aliphatic heterocycles. The van der Waals surface area contributed by atoms with Gasteiger partial charge in [0, 0.05) is 27.5 Å². The smallest absolute Gasteiger partial charge is 0.413 e. The first kappa shape index (κ1) is 21.9. The Morgan fingerprint density at radius 2 is 1.70 bits per heavy atom. The molecule has 2 aromatic heterocycles. The molecule has 6 nitrogen and oxygen atoms in total. The summed E-state index contributed by atoms with van der Waals surface area (Å²) in [5.74, 6) is -4.40. The molecule has 0 spiro atoms. The van der Waals surface area contributed by atoms with Gasteiger partial charge in [0.1, 0.15) is 0 Å². The lowest BCUT2D eigenvalue weighted by atomic mass is 9.98. The Morgan fingerprint density at radius 3 is 2.36 bits per heavy atom. The lowest BCUT2D eigenvalue weighted by molar-refractivity contribution is -0.158. The van der Waals surface area contributed by atoms with Crippen LogP contribution in [0.4, 0.5) is 17.6 Å². The molecule has 0 saturated carbocycles. The van der Waals surface area contributed by atoms with Gasteiger partial charge in [0.2, 0.25) is 9.84 Å². The van der Waals surface area contributed by atoms with Gasteiger partial charge in [0.25, 0.3) is 10.9 Å². The Bertz CT molecular complexity index is 1470. The van der Waals surface area contributed by atoms with Crippen molar-refractivity contribution in [2.24, 2.45) is 5.92 Å². The van der Waals surface area contributed by atoms with Crippen molar-refractivity contribution in [1.29, 1.82) is 0 Å². The van der Waals surface area contributed by atoms with E-state index in [9.17, 15) is 21.6 Å². The summed E-state index contributed by atoms with van der Waals surface area (Å²) in [5, 5.41) is 3.76. The molecule has 5 rings (SSSR count). The molecule has 2 heterocycles. The van der Waals surface area contributed by atoms with Crippen molar-refractivity contribution < 1.29 is 30.4 Å². The summed E-state index contributed by atoms with van der Waals surface area (Å²) in [6, 6.07) is 11.7. The van der Waals surface area contributed by atoms with E-state index in [1.54, 1.807) is 18.2 Å². The maximum absolute atomic E-state index is 16.8. The second-order valence-corrected chi connectivity index (χ2v) is 10.3. The zero-order valence-electron chi connectivity index (χ0n) is 16.5. The van der Waals surface area contributed by atoms with E-state index in [0.717, 1.165) is 17.6 Å². The van der Waals surface area contributed by atoms with Gasteiger partial charge in [-0.15, -0.1) is 10.2 Å². The molecular formula is C21H14ClF4N3O3S. The van der Waals surface area contributed by atoms with Crippen LogP contribution in [-0.4, -0.2) is 23.6 Å². The molecule has 0 fully saturated rings. The van der Waals surface area contributed by atoms with Crippen LogP contribution >= 0.6 is 11.6 Å². The zero-order chi connectivity index (χ0) is 23.6. The Kier molecular flexibility index (Phi) is 4.84. The van der Waals surface area contributed by atoms with Crippen LogP contribution in [0, 0.1) is 5.92 Å². The molecule has 1 aliphatic rings. The number of benzene rings is 2. The van der Waals surface area contributed by atoms with Crippen LogP contribution in [0.15, 0.2) is 57.8 Å². The third kappa shape index (κ3) is 3.33.